The van der Waals surface area contributed by atoms with Crippen molar-refractivity contribution in [3.63, 3.8) is 0 Å². The Labute approximate surface area is 174 Å². The summed E-state index contributed by atoms with van der Waals surface area (Å²) >= 11 is 0. The Balaban J connectivity index is 1.42. The Morgan fingerprint density at radius 3 is 2.07 bits per heavy atom. The van der Waals surface area contributed by atoms with Gasteiger partial charge >= 0.3 is 0 Å². The van der Waals surface area contributed by atoms with E-state index in [1.54, 1.807) is 0 Å². The van der Waals surface area contributed by atoms with Crippen molar-refractivity contribution in [2.75, 3.05) is 71.3 Å². The lowest BCUT2D eigenvalue weighted by Gasteiger charge is -2.39. The van der Waals surface area contributed by atoms with Crippen LogP contribution in [0.1, 0.15) is 30.6 Å². The minimum atomic E-state index is 0.0693. The topological polar surface area (TPSA) is 59.1 Å². The van der Waals surface area contributed by atoms with Crippen LogP contribution in [0.5, 0.6) is 0 Å². The molecule has 1 aromatic carbocycles. The number of rotatable bonds is 6. The van der Waals surface area contributed by atoms with E-state index in [0.717, 1.165) is 51.4 Å². The normalized spacial score (nSPS) is 19.8. The molecular weight excluding hydrogens is 366 g/mol. The van der Waals surface area contributed by atoms with Crippen LogP contribution in [0.25, 0.3) is 0 Å². The second-order valence-electron chi connectivity index (χ2n) is 8.07. The van der Waals surface area contributed by atoms with Crippen LogP contribution in [0.4, 0.5) is 5.69 Å². The van der Waals surface area contributed by atoms with Crippen molar-refractivity contribution < 1.29 is 9.59 Å². The summed E-state index contributed by atoms with van der Waals surface area (Å²) in [5, 5.41) is 3.06. The zero-order valence-electron chi connectivity index (χ0n) is 18.1. The molecule has 0 saturated carbocycles. The van der Waals surface area contributed by atoms with Gasteiger partial charge in [0, 0.05) is 76.7 Å². The predicted molar refractivity (Wildman–Crippen MR) is 116 cm³/mol. The van der Waals surface area contributed by atoms with Gasteiger partial charge in [-0.2, -0.15) is 0 Å². The van der Waals surface area contributed by atoms with Crippen LogP contribution in [0.2, 0.25) is 0 Å². The first kappa shape index (κ1) is 21.6. The Bertz CT molecular complexity index is 677. The number of carbonyl (C=O) groups is 2. The molecule has 1 aromatic rings. The molecule has 3 rings (SSSR count). The van der Waals surface area contributed by atoms with Crippen molar-refractivity contribution in [2.24, 2.45) is 0 Å². The summed E-state index contributed by atoms with van der Waals surface area (Å²) in [6, 6.07) is 8.16. The Kier molecular flexibility index (Phi) is 7.50. The van der Waals surface area contributed by atoms with Crippen molar-refractivity contribution >= 4 is 17.5 Å². The Morgan fingerprint density at radius 1 is 0.931 bits per heavy atom. The summed E-state index contributed by atoms with van der Waals surface area (Å²) < 4.78 is 0. The van der Waals surface area contributed by atoms with Gasteiger partial charge in [-0.15, -0.1) is 0 Å². The molecule has 0 aromatic heterocycles. The van der Waals surface area contributed by atoms with E-state index in [1.807, 2.05) is 41.1 Å². The third-order valence-electron chi connectivity index (χ3n) is 6.32. The van der Waals surface area contributed by atoms with Crippen molar-refractivity contribution in [3.05, 3.63) is 29.8 Å². The number of piperazine rings is 2. The minimum absolute atomic E-state index is 0.0693. The SMILES string of the molecule is CCC(C)N1CCN(C(=O)CN2CCN(C(=O)c3ccc(NC)cc3)CC2)CC1. The molecule has 160 valence electrons. The third kappa shape index (κ3) is 5.48. The molecule has 1 N–H and O–H groups in total. The Morgan fingerprint density at radius 2 is 1.52 bits per heavy atom. The molecular formula is C22H35N5O2. The molecule has 0 radical (unpaired) electrons. The molecule has 0 aliphatic carbocycles. The van der Waals surface area contributed by atoms with Gasteiger partial charge in [0.25, 0.3) is 5.91 Å². The van der Waals surface area contributed by atoms with Crippen LogP contribution < -0.4 is 5.32 Å². The van der Waals surface area contributed by atoms with E-state index in [-0.39, 0.29) is 11.8 Å². The molecule has 0 bridgehead atoms. The van der Waals surface area contributed by atoms with Gasteiger partial charge < -0.3 is 15.1 Å². The van der Waals surface area contributed by atoms with Crippen LogP contribution in [0, 0.1) is 0 Å². The lowest BCUT2D eigenvalue weighted by molar-refractivity contribution is -0.134. The van der Waals surface area contributed by atoms with E-state index in [1.165, 1.54) is 0 Å². The van der Waals surface area contributed by atoms with E-state index in [2.05, 4.69) is 29.0 Å². The fourth-order valence-electron chi connectivity index (χ4n) is 4.03. The molecule has 2 saturated heterocycles. The zero-order valence-corrected chi connectivity index (χ0v) is 18.1. The van der Waals surface area contributed by atoms with Crippen molar-refractivity contribution in [3.8, 4) is 0 Å². The van der Waals surface area contributed by atoms with Crippen LogP contribution >= 0.6 is 0 Å². The number of nitrogens with one attached hydrogen (secondary N) is 1. The summed E-state index contributed by atoms with van der Waals surface area (Å²) in [6.07, 6.45) is 1.15. The lowest BCUT2D eigenvalue weighted by Crippen LogP contribution is -2.55. The van der Waals surface area contributed by atoms with Crippen LogP contribution in [0.3, 0.4) is 0 Å². The highest BCUT2D eigenvalue weighted by atomic mass is 16.2. The smallest absolute Gasteiger partial charge is 0.253 e. The number of hydrogen-bond donors (Lipinski definition) is 1. The lowest BCUT2D eigenvalue weighted by atomic mass is 10.1. The van der Waals surface area contributed by atoms with Crippen LogP contribution in [-0.4, -0.2) is 103 Å². The van der Waals surface area contributed by atoms with Crippen LogP contribution in [-0.2, 0) is 4.79 Å². The van der Waals surface area contributed by atoms with E-state index in [0.29, 0.717) is 31.2 Å². The summed E-state index contributed by atoms with van der Waals surface area (Å²) in [4.78, 5) is 33.9. The van der Waals surface area contributed by atoms with Gasteiger partial charge in [0.05, 0.1) is 6.54 Å². The first-order valence-corrected chi connectivity index (χ1v) is 10.8. The molecule has 29 heavy (non-hydrogen) atoms. The molecule has 1 atom stereocenters. The highest BCUT2D eigenvalue weighted by Crippen LogP contribution is 2.13. The first-order chi connectivity index (χ1) is 14.0. The maximum Gasteiger partial charge on any atom is 0.253 e. The van der Waals surface area contributed by atoms with Gasteiger partial charge in [-0.05, 0) is 37.6 Å². The quantitative estimate of drug-likeness (QED) is 0.782. The molecule has 2 heterocycles. The fourth-order valence-corrected chi connectivity index (χ4v) is 4.03. The summed E-state index contributed by atoms with van der Waals surface area (Å²) in [6.45, 7) is 11.3. The van der Waals surface area contributed by atoms with Gasteiger partial charge in [0.1, 0.15) is 0 Å². The number of hydrogen-bond acceptors (Lipinski definition) is 5. The van der Waals surface area contributed by atoms with Crippen molar-refractivity contribution in [1.29, 1.82) is 0 Å². The van der Waals surface area contributed by atoms with Gasteiger partial charge in [0.2, 0.25) is 5.91 Å². The fraction of sp³-hybridized carbons (Fsp3) is 0.636. The molecule has 0 spiro atoms. The average molecular weight is 402 g/mol. The number of anilines is 1. The summed E-state index contributed by atoms with van der Waals surface area (Å²) in [5.41, 5.74) is 1.71. The molecule has 2 fully saturated rings. The van der Waals surface area contributed by atoms with Crippen molar-refractivity contribution in [1.82, 2.24) is 19.6 Å². The number of carbonyl (C=O) groups excluding carboxylic acids is 2. The molecule has 7 nitrogen and oxygen atoms in total. The van der Waals surface area contributed by atoms with Gasteiger partial charge in [-0.25, -0.2) is 0 Å². The van der Waals surface area contributed by atoms with Crippen molar-refractivity contribution in [2.45, 2.75) is 26.3 Å². The van der Waals surface area contributed by atoms with Gasteiger partial charge in [-0.1, -0.05) is 6.92 Å². The molecule has 2 amide bonds. The highest BCUT2D eigenvalue weighted by molar-refractivity contribution is 5.94. The largest absolute Gasteiger partial charge is 0.388 e. The Hall–Kier alpha value is -2.12. The maximum absolute atomic E-state index is 12.7. The first-order valence-electron chi connectivity index (χ1n) is 10.8. The average Bonchev–Trinajstić information content (AvgIpc) is 2.78. The standard InChI is InChI=1S/C22H35N5O2/c1-4-18(2)25-13-15-26(16-14-25)21(28)17-24-9-11-27(12-10-24)22(29)19-5-7-20(23-3)8-6-19/h5-8,18,23H,4,9-17H2,1-3H3. The predicted octanol–water partition coefficient (Wildman–Crippen LogP) is 1.43. The second kappa shape index (κ2) is 10.1. The van der Waals surface area contributed by atoms with Gasteiger partial charge in [0.15, 0.2) is 0 Å². The number of nitrogens with zero attached hydrogens (tertiary/aromatic N) is 4. The number of benzene rings is 1. The number of amides is 2. The maximum atomic E-state index is 12.7. The van der Waals surface area contributed by atoms with E-state index in [9.17, 15) is 9.59 Å². The molecule has 1 unspecified atom stereocenters. The highest BCUT2D eigenvalue weighted by Gasteiger charge is 2.27. The summed E-state index contributed by atoms with van der Waals surface area (Å²) in [5.74, 6) is 0.288. The summed E-state index contributed by atoms with van der Waals surface area (Å²) in [7, 11) is 1.86. The second-order valence-corrected chi connectivity index (χ2v) is 8.07. The molecule has 2 aliphatic heterocycles. The van der Waals surface area contributed by atoms with E-state index < -0.39 is 0 Å². The monoisotopic (exact) mass is 401 g/mol. The third-order valence-corrected chi connectivity index (χ3v) is 6.32. The minimum Gasteiger partial charge on any atom is -0.388 e. The van der Waals surface area contributed by atoms with E-state index >= 15 is 0 Å². The molecule has 2 aliphatic rings. The molecule has 7 heteroatoms. The van der Waals surface area contributed by atoms with E-state index in [4.69, 9.17) is 0 Å². The zero-order chi connectivity index (χ0) is 20.8. The van der Waals surface area contributed by atoms with Gasteiger partial charge in [-0.3, -0.25) is 19.4 Å². The van der Waals surface area contributed by atoms with Crippen LogP contribution in [0.15, 0.2) is 24.3 Å².